The molecule has 1 heterocycles. The Kier molecular flexibility index (Phi) is 4.42. The van der Waals surface area contributed by atoms with Gasteiger partial charge in [0, 0.05) is 12.4 Å². The van der Waals surface area contributed by atoms with E-state index in [-0.39, 0.29) is 17.8 Å². The Morgan fingerprint density at radius 2 is 1.91 bits per heavy atom. The maximum Gasteiger partial charge on any atom is 0.271 e. The van der Waals surface area contributed by atoms with E-state index < -0.39 is 0 Å². The molecule has 1 fully saturated rings. The van der Waals surface area contributed by atoms with Gasteiger partial charge in [-0.15, -0.1) is 0 Å². The Labute approximate surface area is 128 Å². The van der Waals surface area contributed by atoms with Crippen molar-refractivity contribution in [3.05, 3.63) is 59.9 Å². The molecule has 0 aliphatic heterocycles. The van der Waals surface area contributed by atoms with E-state index in [1.54, 1.807) is 12.1 Å². The first-order valence-electron chi connectivity index (χ1n) is 7.56. The molecule has 4 nitrogen and oxygen atoms in total. The highest BCUT2D eigenvalue weighted by molar-refractivity contribution is 5.92. The van der Waals surface area contributed by atoms with Gasteiger partial charge in [0.25, 0.3) is 5.91 Å². The first-order chi connectivity index (χ1) is 10.7. The van der Waals surface area contributed by atoms with Crippen LogP contribution in [0.3, 0.4) is 0 Å². The van der Waals surface area contributed by atoms with Crippen LogP contribution < -0.4 is 5.32 Å². The second-order valence-electron chi connectivity index (χ2n) is 5.64. The van der Waals surface area contributed by atoms with Gasteiger partial charge in [-0.3, -0.25) is 9.78 Å². The van der Waals surface area contributed by atoms with Gasteiger partial charge >= 0.3 is 0 Å². The molecule has 1 aliphatic rings. The van der Waals surface area contributed by atoms with Crippen molar-refractivity contribution in [1.82, 2.24) is 15.3 Å². The third kappa shape index (κ3) is 3.30. The topological polar surface area (TPSA) is 54.9 Å². The highest BCUT2D eigenvalue weighted by Crippen LogP contribution is 2.35. The number of nitrogens with zero attached hydrogens (tertiary/aromatic N) is 2. The number of aromatic nitrogens is 2. The smallest absolute Gasteiger partial charge is 0.271 e. The second-order valence-corrected chi connectivity index (χ2v) is 5.64. The molecule has 1 N–H and O–H groups in total. The number of benzene rings is 1. The lowest BCUT2D eigenvalue weighted by Gasteiger charge is -2.25. The number of amides is 1. The standard InChI is InChI=1S/C17H18FN3O/c18-14-7-5-13(6-8-14)16(12-3-1-2-4-12)21-17(22)15-11-19-9-10-20-15/h5-12,16H,1-4H2,(H,21,22)/t16-/m1/s1. The fourth-order valence-electron chi connectivity index (χ4n) is 3.07. The number of hydrogen-bond donors (Lipinski definition) is 1. The lowest BCUT2D eigenvalue weighted by atomic mass is 9.91. The van der Waals surface area contributed by atoms with Crippen molar-refractivity contribution in [2.75, 3.05) is 0 Å². The van der Waals surface area contributed by atoms with E-state index in [9.17, 15) is 9.18 Å². The summed E-state index contributed by atoms with van der Waals surface area (Å²) in [6, 6.07) is 6.25. The molecule has 1 atom stereocenters. The molecule has 3 rings (SSSR count). The minimum atomic E-state index is -0.269. The van der Waals surface area contributed by atoms with E-state index in [0.29, 0.717) is 11.6 Å². The van der Waals surface area contributed by atoms with Crippen LogP contribution in [0.4, 0.5) is 4.39 Å². The lowest BCUT2D eigenvalue weighted by Crippen LogP contribution is -2.33. The lowest BCUT2D eigenvalue weighted by molar-refractivity contribution is 0.0916. The van der Waals surface area contributed by atoms with Crippen LogP contribution in [0.2, 0.25) is 0 Å². The molecular weight excluding hydrogens is 281 g/mol. The molecule has 0 unspecified atom stereocenters. The fourth-order valence-corrected chi connectivity index (χ4v) is 3.07. The molecular formula is C17H18FN3O. The summed E-state index contributed by atoms with van der Waals surface area (Å²) in [7, 11) is 0. The maximum absolute atomic E-state index is 13.1. The van der Waals surface area contributed by atoms with Crippen molar-refractivity contribution in [2.24, 2.45) is 5.92 Å². The minimum absolute atomic E-state index is 0.113. The number of nitrogens with one attached hydrogen (secondary N) is 1. The van der Waals surface area contributed by atoms with Crippen LogP contribution in [0.5, 0.6) is 0 Å². The molecule has 1 amide bonds. The fraction of sp³-hybridized carbons (Fsp3) is 0.353. The minimum Gasteiger partial charge on any atom is -0.344 e. The molecule has 114 valence electrons. The first-order valence-corrected chi connectivity index (χ1v) is 7.56. The maximum atomic E-state index is 13.1. The molecule has 5 heteroatoms. The molecule has 0 spiro atoms. The molecule has 0 bridgehead atoms. The van der Waals surface area contributed by atoms with Crippen molar-refractivity contribution in [3.8, 4) is 0 Å². The number of carbonyl (C=O) groups excluding carboxylic acids is 1. The van der Waals surface area contributed by atoms with Gasteiger partial charge in [0.2, 0.25) is 0 Å². The van der Waals surface area contributed by atoms with Gasteiger partial charge in [-0.25, -0.2) is 9.37 Å². The molecule has 0 saturated heterocycles. The predicted molar refractivity (Wildman–Crippen MR) is 80.6 cm³/mol. The summed E-state index contributed by atoms with van der Waals surface area (Å²) in [6.45, 7) is 0. The molecule has 0 radical (unpaired) electrons. The van der Waals surface area contributed by atoms with Crippen LogP contribution in [0.25, 0.3) is 0 Å². The zero-order chi connectivity index (χ0) is 15.4. The Balaban J connectivity index is 1.82. The monoisotopic (exact) mass is 299 g/mol. The molecule has 1 aliphatic carbocycles. The second kappa shape index (κ2) is 6.64. The third-order valence-electron chi connectivity index (χ3n) is 4.18. The highest BCUT2D eigenvalue weighted by atomic mass is 19.1. The van der Waals surface area contributed by atoms with E-state index >= 15 is 0 Å². The number of rotatable bonds is 4. The van der Waals surface area contributed by atoms with Crippen molar-refractivity contribution in [2.45, 2.75) is 31.7 Å². The van der Waals surface area contributed by atoms with E-state index in [2.05, 4.69) is 15.3 Å². The molecule has 2 aromatic rings. The third-order valence-corrected chi connectivity index (χ3v) is 4.18. The quantitative estimate of drug-likeness (QED) is 0.942. The van der Waals surface area contributed by atoms with Gasteiger partial charge in [0.15, 0.2) is 0 Å². The van der Waals surface area contributed by atoms with Crippen molar-refractivity contribution >= 4 is 5.91 Å². The van der Waals surface area contributed by atoms with Crippen LogP contribution in [-0.4, -0.2) is 15.9 Å². The van der Waals surface area contributed by atoms with Gasteiger partial charge in [0.1, 0.15) is 11.5 Å². The predicted octanol–water partition coefficient (Wildman–Crippen LogP) is 3.28. The summed E-state index contributed by atoms with van der Waals surface area (Å²) in [5.41, 5.74) is 1.23. The Morgan fingerprint density at radius 3 is 2.55 bits per heavy atom. The zero-order valence-corrected chi connectivity index (χ0v) is 12.2. The van der Waals surface area contributed by atoms with E-state index in [1.807, 2.05) is 0 Å². The average Bonchev–Trinajstić information content (AvgIpc) is 3.08. The Bertz CT molecular complexity index is 624. The summed E-state index contributed by atoms with van der Waals surface area (Å²) < 4.78 is 13.1. The summed E-state index contributed by atoms with van der Waals surface area (Å²) in [5, 5.41) is 3.05. The van der Waals surface area contributed by atoms with E-state index in [1.165, 1.54) is 43.6 Å². The largest absolute Gasteiger partial charge is 0.344 e. The van der Waals surface area contributed by atoms with Crippen LogP contribution in [-0.2, 0) is 0 Å². The summed E-state index contributed by atoms with van der Waals surface area (Å²) in [5.74, 6) is -0.130. The number of halogens is 1. The Hall–Kier alpha value is -2.30. The van der Waals surface area contributed by atoms with Gasteiger partial charge in [-0.2, -0.15) is 0 Å². The van der Waals surface area contributed by atoms with Gasteiger partial charge in [-0.1, -0.05) is 25.0 Å². The van der Waals surface area contributed by atoms with Crippen LogP contribution >= 0.6 is 0 Å². The van der Waals surface area contributed by atoms with Gasteiger partial charge < -0.3 is 5.32 Å². The van der Waals surface area contributed by atoms with Crippen molar-refractivity contribution in [3.63, 3.8) is 0 Å². The first kappa shape index (κ1) is 14.6. The molecule has 22 heavy (non-hydrogen) atoms. The Morgan fingerprint density at radius 1 is 1.18 bits per heavy atom. The SMILES string of the molecule is O=C(N[C@@H](c1ccc(F)cc1)C1CCCC1)c1cnccn1. The zero-order valence-electron chi connectivity index (χ0n) is 12.2. The summed E-state index contributed by atoms with van der Waals surface area (Å²) in [6.07, 6.45) is 8.96. The highest BCUT2D eigenvalue weighted by Gasteiger charge is 2.28. The van der Waals surface area contributed by atoms with Crippen LogP contribution in [0, 0.1) is 11.7 Å². The van der Waals surface area contributed by atoms with Crippen LogP contribution in [0.15, 0.2) is 42.9 Å². The number of carbonyl (C=O) groups is 1. The van der Waals surface area contributed by atoms with Gasteiger partial charge in [0.05, 0.1) is 12.2 Å². The molecule has 1 aromatic carbocycles. The van der Waals surface area contributed by atoms with Crippen molar-refractivity contribution in [1.29, 1.82) is 0 Å². The molecule has 1 saturated carbocycles. The normalized spacial score (nSPS) is 16.4. The molecule has 1 aromatic heterocycles. The van der Waals surface area contributed by atoms with Crippen molar-refractivity contribution < 1.29 is 9.18 Å². The van der Waals surface area contributed by atoms with E-state index in [4.69, 9.17) is 0 Å². The van der Waals surface area contributed by atoms with Crippen LogP contribution in [0.1, 0.15) is 47.8 Å². The summed E-state index contributed by atoms with van der Waals surface area (Å²) >= 11 is 0. The van der Waals surface area contributed by atoms with E-state index in [0.717, 1.165) is 18.4 Å². The summed E-state index contributed by atoms with van der Waals surface area (Å²) in [4.78, 5) is 20.3. The average molecular weight is 299 g/mol. The van der Waals surface area contributed by atoms with Gasteiger partial charge in [-0.05, 0) is 36.5 Å². The number of hydrogen-bond acceptors (Lipinski definition) is 3.